The van der Waals surface area contributed by atoms with Crippen LogP contribution in [0.2, 0.25) is 0 Å². The first-order valence-electron chi connectivity index (χ1n) is 7.62. The van der Waals surface area contributed by atoms with Crippen LogP contribution in [-0.2, 0) is 19.5 Å². The van der Waals surface area contributed by atoms with Gasteiger partial charge in [-0.3, -0.25) is 9.88 Å². The Balaban J connectivity index is 1.65. The summed E-state index contributed by atoms with van der Waals surface area (Å²) in [5.41, 5.74) is 4.68. The zero-order valence-corrected chi connectivity index (χ0v) is 12.3. The number of rotatable bonds is 2. The summed E-state index contributed by atoms with van der Waals surface area (Å²) in [4.78, 5) is 6.81. The van der Waals surface area contributed by atoms with Crippen molar-refractivity contribution < 1.29 is 4.39 Å². The minimum Gasteiger partial charge on any atom is -0.294 e. The summed E-state index contributed by atoms with van der Waals surface area (Å²) in [6.45, 7) is 2.66. The predicted molar refractivity (Wildman–Crippen MR) is 86.0 cm³/mol. The van der Waals surface area contributed by atoms with E-state index in [0.29, 0.717) is 0 Å². The molecule has 1 aliphatic rings. The Labute approximate surface area is 129 Å². The molecule has 3 heteroatoms. The summed E-state index contributed by atoms with van der Waals surface area (Å²) in [5, 5.41) is 0.870. The van der Waals surface area contributed by atoms with Gasteiger partial charge in [-0.1, -0.05) is 30.3 Å². The molecule has 22 heavy (non-hydrogen) atoms. The van der Waals surface area contributed by atoms with Crippen molar-refractivity contribution in [3.8, 4) is 0 Å². The normalized spacial score (nSPS) is 15.0. The molecule has 4 rings (SSSR count). The number of fused-ring (bicyclic) bond motifs is 2. The average Bonchev–Trinajstić information content (AvgIpc) is 2.54. The Morgan fingerprint density at radius 1 is 1.05 bits per heavy atom. The van der Waals surface area contributed by atoms with Gasteiger partial charge in [0.1, 0.15) is 5.82 Å². The highest BCUT2D eigenvalue weighted by atomic mass is 19.1. The lowest BCUT2D eigenvalue weighted by molar-refractivity contribution is 0.246. The second-order valence-corrected chi connectivity index (χ2v) is 5.87. The molecule has 0 spiro atoms. The molecule has 2 aromatic carbocycles. The maximum absolute atomic E-state index is 13.8. The summed E-state index contributed by atoms with van der Waals surface area (Å²) < 4.78 is 13.8. The highest BCUT2D eigenvalue weighted by molar-refractivity contribution is 5.81. The second-order valence-electron chi connectivity index (χ2n) is 5.87. The van der Waals surface area contributed by atoms with Crippen molar-refractivity contribution in [1.29, 1.82) is 0 Å². The standard InChI is InChI=1S/C19H17FN2/c20-18-10-15-6-3-8-21-19(15)17(11-18)13-22-9-7-14-4-1-2-5-16(14)12-22/h1-6,8,10-11H,7,9,12-13H2. The first kappa shape index (κ1) is 13.4. The van der Waals surface area contributed by atoms with Crippen LogP contribution in [0.5, 0.6) is 0 Å². The van der Waals surface area contributed by atoms with E-state index in [1.165, 1.54) is 11.1 Å². The molecule has 3 aromatic rings. The molecule has 110 valence electrons. The third-order valence-electron chi connectivity index (χ3n) is 4.35. The van der Waals surface area contributed by atoms with E-state index in [9.17, 15) is 4.39 Å². The lowest BCUT2D eigenvalue weighted by atomic mass is 9.99. The highest BCUT2D eigenvalue weighted by Gasteiger charge is 2.17. The van der Waals surface area contributed by atoms with Crippen molar-refractivity contribution >= 4 is 10.9 Å². The summed E-state index contributed by atoms with van der Waals surface area (Å²) in [6.07, 6.45) is 2.83. The van der Waals surface area contributed by atoms with Gasteiger partial charge in [-0.05, 0) is 41.3 Å². The van der Waals surface area contributed by atoms with Gasteiger partial charge in [0.05, 0.1) is 5.52 Å². The minimum atomic E-state index is -0.187. The molecule has 0 fully saturated rings. The Hall–Kier alpha value is -2.26. The van der Waals surface area contributed by atoms with Crippen molar-refractivity contribution in [3.63, 3.8) is 0 Å². The molecular formula is C19H17FN2. The van der Waals surface area contributed by atoms with Crippen molar-refractivity contribution in [3.05, 3.63) is 77.2 Å². The number of hydrogen-bond donors (Lipinski definition) is 0. The number of benzene rings is 2. The van der Waals surface area contributed by atoms with Gasteiger partial charge in [0.2, 0.25) is 0 Å². The van der Waals surface area contributed by atoms with Crippen LogP contribution in [0.1, 0.15) is 16.7 Å². The lowest BCUT2D eigenvalue weighted by Gasteiger charge is -2.29. The van der Waals surface area contributed by atoms with Crippen LogP contribution in [0.15, 0.2) is 54.7 Å². The van der Waals surface area contributed by atoms with E-state index in [0.717, 1.165) is 42.5 Å². The van der Waals surface area contributed by atoms with Crippen molar-refractivity contribution in [2.75, 3.05) is 6.54 Å². The van der Waals surface area contributed by atoms with E-state index in [1.807, 2.05) is 12.1 Å². The zero-order valence-electron chi connectivity index (χ0n) is 12.3. The maximum Gasteiger partial charge on any atom is 0.124 e. The molecule has 0 amide bonds. The minimum absolute atomic E-state index is 0.187. The Kier molecular flexibility index (Phi) is 3.35. The molecule has 0 atom stereocenters. The third kappa shape index (κ3) is 2.48. The van der Waals surface area contributed by atoms with E-state index >= 15 is 0 Å². The molecule has 0 N–H and O–H groups in total. The topological polar surface area (TPSA) is 16.1 Å². The van der Waals surface area contributed by atoms with Crippen LogP contribution in [0.4, 0.5) is 4.39 Å². The summed E-state index contributed by atoms with van der Waals surface area (Å²) in [7, 11) is 0. The number of nitrogens with zero attached hydrogens (tertiary/aromatic N) is 2. The lowest BCUT2D eigenvalue weighted by Crippen LogP contribution is -2.30. The first-order valence-corrected chi connectivity index (χ1v) is 7.62. The largest absolute Gasteiger partial charge is 0.294 e. The molecule has 1 aromatic heterocycles. The Morgan fingerprint density at radius 3 is 2.82 bits per heavy atom. The number of hydrogen-bond acceptors (Lipinski definition) is 2. The first-order chi connectivity index (χ1) is 10.8. The fourth-order valence-corrected chi connectivity index (χ4v) is 3.28. The van der Waals surface area contributed by atoms with E-state index in [4.69, 9.17) is 0 Å². The van der Waals surface area contributed by atoms with Gasteiger partial charge in [-0.25, -0.2) is 4.39 Å². The molecular weight excluding hydrogens is 275 g/mol. The van der Waals surface area contributed by atoms with Gasteiger partial charge in [-0.15, -0.1) is 0 Å². The second kappa shape index (κ2) is 5.50. The molecule has 0 radical (unpaired) electrons. The van der Waals surface area contributed by atoms with E-state index in [1.54, 1.807) is 18.3 Å². The Morgan fingerprint density at radius 2 is 1.91 bits per heavy atom. The third-order valence-corrected chi connectivity index (χ3v) is 4.35. The summed E-state index contributed by atoms with van der Waals surface area (Å²) in [5.74, 6) is -0.187. The van der Waals surface area contributed by atoms with E-state index in [2.05, 4.69) is 34.1 Å². The van der Waals surface area contributed by atoms with Crippen LogP contribution in [0.3, 0.4) is 0 Å². The fraction of sp³-hybridized carbons (Fsp3) is 0.211. The molecule has 2 heterocycles. The van der Waals surface area contributed by atoms with Gasteiger partial charge in [0.15, 0.2) is 0 Å². The molecule has 0 aliphatic carbocycles. The quantitative estimate of drug-likeness (QED) is 0.711. The number of aromatic nitrogens is 1. The smallest absolute Gasteiger partial charge is 0.124 e. The fourth-order valence-electron chi connectivity index (χ4n) is 3.28. The van der Waals surface area contributed by atoms with E-state index in [-0.39, 0.29) is 5.82 Å². The Bertz CT molecular complexity index is 829. The molecule has 2 nitrogen and oxygen atoms in total. The van der Waals surface area contributed by atoms with Gasteiger partial charge in [0.25, 0.3) is 0 Å². The highest BCUT2D eigenvalue weighted by Crippen LogP contribution is 2.24. The maximum atomic E-state index is 13.8. The van der Waals surface area contributed by atoms with Gasteiger partial charge >= 0.3 is 0 Å². The predicted octanol–water partition coefficient (Wildman–Crippen LogP) is 3.93. The van der Waals surface area contributed by atoms with Crippen LogP contribution in [0, 0.1) is 5.82 Å². The molecule has 0 unspecified atom stereocenters. The van der Waals surface area contributed by atoms with Gasteiger partial charge in [-0.2, -0.15) is 0 Å². The number of halogens is 1. The molecule has 0 saturated carbocycles. The average molecular weight is 292 g/mol. The van der Waals surface area contributed by atoms with E-state index < -0.39 is 0 Å². The summed E-state index contributed by atoms with van der Waals surface area (Å²) >= 11 is 0. The van der Waals surface area contributed by atoms with Crippen LogP contribution >= 0.6 is 0 Å². The zero-order chi connectivity index (χ0) is 14.9. The van der Waals surface area contributed by atoms with Gasteiger partial charge in [0, 0.05) is 31.2 Å². The van der Waals surface area contributed by atoms with Crippen molar-refractivity contribution in [2.45, 2.75) is 19.5 Å². The number of pyridine rings is 1. The monoisotopic (exact) mass is 292 g/mol. The summed E-state index contributed by atoms with van der Waals surface area (Å²) in [6, 6.07) is 15.5. The van der Waals surface area contributed by atoms with Crippen molar-refractivity contribution in [2.24, 2.45) is 0 Å². The van der Waals surface area contributed by atoms with Crippen LogP contribution in [0.25, 0.3) is 10.9 Å². The molecule has 0 bridgehead atoms. The van der Waals surface area contributed by atoms with Crippen LogP contribution in [-0.4, -0.2) is 16.4 Å². The van der Waals surface area contributed by atoms with Crippen molar-refractivity contribution in [1.82, 2.24) is 9.88 Å². The molecule has 0 saturated heterocycles. The van der Waals surface area contributed by atoms with Crippen LogP contribution < -0.4 is 0 Å². The molecule has 1 aliphatic heterocycles. The van der Waals surface area contributed by atoms with Gasteiger partial charge < -0.3 is 0 Å². The SMILES string of the molecule is Fc1cc(CN2CCc3ccccc3C2)c2ncccc2c1.